The lowest BCUT2D eigenvalue weighted by atomic mass is 10.1. The summed E-state index contributed by atoms with van der Waals surface area (Å²) in [5.74, 6) is -0.981. The first-order valence-electron chi connectivity index (χ1n) is 8.15. The van der Waals surface area contributed by atoms with Gasteiger partial charge in [-0.15, -0.1) is 0 Å². The zero-order valence-corrected chi connectivity index (χ0v) is 13.5. The highest BCUT2D eigenvalue weighted by atomic mass is 19.1. The van der Waals surface area contributed by atoms with E-state index in [0.29, 0.717) is 16.8 Å². The fraction of sp³-hybridized carbons (Fsp3) is 0.263. The lowest BCUT2D eigenvalue weighted by molar-refractivity contribution is -0.118. The van der Waals surface area contributed by atoms with Gasteiger partial charge in [-0.2, -0.15) is 0 Å². The highest BCUT2D eigenvalue weighted by Crippen LogP contribution is 2.20. The van der Waals surface area contributed by atoms with Gasteiger partial charge >= 0.3 is 0 Å². The first-order chi connectivity index (χ1) is 12.0. The summed E-state index contributed by atoms with van der Waals surface area (Å²) in [7, 11) is 0. The SMILES string of the molecule is O=C(CC(O)c1cccc(F)c1)Nc1ccc(C(=O)NC2CC2)cc1. The van der Waals surface area contributed by atoms with Crippen LogP contribution in [0.5, 0.6) is 0 Å². The number of carbonyl (C=O) groups is 2. The molecule has 25 heavy (non-hydrogen) atoms. The quantitative estimate of drug-likeness (QED) is 0.755. The summed E-state index contributed by atoms with van der Waals surface area (Å²) in [6, 6.07) is 12.3. The molecule has 0 bridgehead atoms. The predicted octanol–water partition coefficient (Wildman–Crippen LogP) is 2.78. The molecule has 3 N–H and O–H groups in total. The molecule has 130 valence electrons. The van der Waals surface area contributed by atoms with E-state index in [9.17, 15) is 19.1 Å². The molecule has 0 heterocycles. The molecule has 3 rings (SSSR count). The second-order valence-corrected chi connectivity index (χ2v) is 6.15. The van der Waals surface area contributed by atoms with Crippen molar-refractivity contribution in [2.75, 3.05) is 5.32 Å². The molecule has 5 nitrogen and oxygen atoms in total. The third-order valence-electron chi connectivity index (χ3n) is 3.96. The second-order valence-electron chi connectivity index (χ2n) is 6.15. The van der Waals surface area contributed by atoms with Crippen molar-refractivity contribution < 1.29 is 19.1 Å². The highest BCUT2D eigenvalue weighted by molar-refractivity contribution is 5.96. The monoisotopic (exact) mass is 342 g/mol. The van der Waals surface area contributed by atoms with Crippen LogP contribution in [0.1, 0.15) is 41.3 Å². The van der Waals surface area contributed by atoms with Gasteiger partial charge in [0.05, 0.1) is 12.5 Å². The molecule has 2 amide bonds. The number of benzene rings is 2. The average molecular weight is 342 g/mol. The van der Waals surface area contributed by atoms with E-state index in [2.05, 4.69) is 10.6 Å². The predicted molar refractivity (Wildman–Crippen MR) is 91.5 cm³/mol. The van der Waals surface area contributed by atoms with E-state index in [4.69, 9.17) is 0 Å². The Morgan fingerprint density at radius 3 is 2.52 bits per heavy atom. The van der Waals surface area contributed by atoms with Crippen molar-refractivity contribution >= 4 is 17.5 Å². The molecule has 0 spiro atoms. The fourth-order valence-corrected chi connectivity index (χ4v) is 2.42. The first kappa shape index (κ1) is 17.1. The highest BCUT2D eigenvalue weighted by Gasteiger charge is 2.23. The third kappa shape index (κ3) is 4.87. The molecule has 0 radical (unpaired) electrons. The zero-order chi connectivity index (χ0) is 17.8. The van der Waals surface area contributed by atoms with Gasteiger partial charge < -0.3 is 15.7 Å². The molecular weight excluding hydrogens is 323 g/mol. The van der Waals surface area contributed by atoms with Crippen LogP contribution in [0, 0.1) is 5.82 Å². The molecule has 1 unspecified atom stereocenters. The van der Waals surface area contributed by atoms with Crippen LogP contribution in [0.15, 0.2) is 48.5 Å². The lowest BCUT2D eigenvalue weighted by Crippen LogP contribution is -2.25. The van der Waals surface area contributed by atoms with Crippen LogP contribution in [-0.2, 0) is 4.79 Å². The molecule has 2 aromatic rings. The van der Waals surface area contributed by atoms with Crippen molar-refractivity contribution in [3.8, 4) is 0 Å². The van der Waals surface area contributed by atoms with Gasteiger partial charge in [0.1, 0.15) is 5.82 Å². The van der Waals surface area contributed by atoms with Crippen LogP contribution in [-0.4, -0.2) is 23.0 Å². The number of carbonyl (C=O) groups excluding carboxylic acids is 2. The Balaban J connectivity index is 1.54. The largest absolute Gasteiger partial charge is 0.388 e. The number of aliphatic hydroxyl groups is 1. The molecule has 0 aromatic heterocycles. The van der Waals surface area contributed by atoms with Crippen molar-refractivity contribution in [3.05, 3.63) is 65.5 Å². The van der Waals surface area contributed by atoms with Gasteiger partial charge in [-0.3, -0.25) is 9.59 Å². The maximum absolute atomic E-state index is 13.2. The number of hydrogen-bond donors (Lipinski definition) is 3. The minimum Gasteiger partial charge on any atom is -0.388 e. The minimum absolute atomic E-state index is 0.123. The summed E-state index contributed by atoms with van der Waals surface area (Å²) in [6.07, 6.45) is 0.772. The smallest absolute Gasteiger partial charge is 0.251 e. The molecule has 1 aliphatic carbocycles. The zero-order valence-electron chi connectivity index (χ0n) is 13.5. The maximum Gasteiger partial charge on any atom is 0.251 e. The Kier molecular flexibility index (Phi) is 5.09. The minimum atomic E-state index is -1.08. The fourth-order valence-electron chi connectivity index (χ4n) is 2.42. The lowest BCUT2D eigenvalue weighted by Gasteiger charge is -2.12. The summed E-state index contributed by atoms with van der Waals surface area (Å²) < 4.78 is 13.2. The Labute approximate surface area is 144 Å². The van der Waals surface area contributed by atoms with E-state index in [1.165, 1.54) is 18.2 Å². The summed E-state index contributed by atoms with van der Waals surface area (Å²) in [4.78, 5) is 23.9. The number of rotatable bonds is 6. The Hall–Kier alpha value is -2.73. The van der Waals surface area contributed by atoms with Crippen molar-refractivity contribution in [1.29, 1.82) is 0 Å². The molecule has 0 aliphatic heterocycles. The van der Waals surface area contributed by atoms with E-state index in [0.717, 1.165) is 12.8 Å². The van der Waals surface area contributed by atoms with Gasteiger partial charge in [-0.05, 0) is 54.8 Å². The molecule has 6 heteroatoms. The molecule has 2 aromatic carbocycles. The van der Waals surface area contributed by atoms with Gasteiger partial charge in [0.2, 0.25) is 5.91 Å². The van der Waals surface area contributed by atoms with Gasteiger partial charge in [0.15, 0.2) is 0 Å². The van der Waals surface area contributed by atoms with Crippen LogP contribution < -0.4 is 10.6 Å². The van der Waals surface area contributed by atoms with E-state index in [1.807, 2.05) is 0 Å². The van der Waals surface area contributed by atoms with Crippen LogP contribution in [0.25, 0.3) is 0 Å². The van der Waals surface area contributed by atoms with E-state index in [-0.39, 0.29) is 18.4 Å². The van der Waals surface area contributed by atoms with Crippen molar-refractivity contribution in [2.45, 2.75) is 31.4 Å². The number of hydrogen-bond acceptors (Lipinski definition) is 3. The van der Waals surface area contributed by atoms with Crippen molar-refractivity contribution in [1.82, 2.24) is 5.32 Å². The van der Waals surface area contributed by atoms with E-state index < -0.39 is 17.8 Å². The molecular formula is C19H19FN2O3. The number of amides is 2. The van der Waals surface area contributed by atoms with E-state index in [1.54, 1.807) is 30.3 Å². The number of aliphatic hydroxyl groups excluding tert-OH is 1. The van der Waals surface area contributed by atoms with E-state index >= 15 is 0 Å². The molecule has 1 fully saturated rings. The number of anilines is 1. The number of halogens is 1. The van der Waals surface area contributed by atoms with Crippen LogP contribution in [0.3, 0.4) is 0 Å². The summed E-state index contributed by atoms with van der Waals surface area (Å²) in [5.41, 5.74) is 1.41. The topological polar surface area (TPSA) is 78.4 Å². The van der Waals surface area contributed by atoms with Gasteiger partial charge in [-0.1, -0.05) is 12.1 Å². The van der Waals surface area contributed by atoms with Crippen LogP contribution in [0.4, 0.5) is 10.1 Å². The third-order valence-corrected chi connectivity index (χ3v) is 3.96. The number of nitrogens with one attached hydrogen (secondary N) is 2. The second kappa shape index (κ2) is 7.44. The van der Waals surface area contributed by atoms with Gasteiger partial charge in [0, 0.05) is 17.3 Å². The van der Waals surface area contributed by atoms with Crippen molar-refractivity contribution in [3.63, 3.8) is 0 Å². The Morgan fingerprint density at radius 1 is 1.16 bits per heavy atom. The van der Waals surface area contributed by atoms with Gasteiger partial charge in [-0.25, -0.2) is 4.39 Å². The van der Waals surface area contributed by atoms with Gasteiger partial charge in [0.25, 0.3) is 5.91 Å². The molecule has 1 aliphatic rings. The van der Waals surface area contributed by atoms with Crippen LogP contribution >= 0.6 is 0 Å². The summed E-state index contributed by atoms with van der Waals surface area (Å²) >= 11 is 0. The summed E-state index contributed by atoms with van der Waals surface area (Å²) in [6.45, 7) is 0. The summed E-state index contributed by atoms with van der Waals surface area (Å²) in [5, 5.41) is 15.6. The molecule has 0 saturated heterocycles. The molecule has 1 atom stereocenters. The standard InChI is InChI=1S/C19H19FN2O3/c20-14-3-1-2-13(10-14)17(23)11-18(24)21-15-6-4-12(5-7-15)19(25)22-16-8-9-16/h1-7,10,16-17,23H,8-9,11H2,(H,21,24)(H,22,25). The van der Waals surface area contributed by atoms with Crippen LogP contribution in [0.2, 0.25) is 0 Å². The first-order valence-corrected chi connectivity index (χ1v) is 8.15. The van der Waals surface area contributed by atoms with Crippen molar-refractivity contribution in [2.24, 2.45) is 0 Å². The maximum atomic E-state index is 13.2. The molecule has 1 saturated carbocycles. The normalized spacial score (nSPS) is 14.6. The average Bonchev–Trinajstić information content (AvgIpc) is 3.39. The Bertz CT molecular complexity index is 772. The Morgan fingerprint density at radius 2 is 1.88 bits per heavy atom.